The zero-order valence-electron chi connectivity index (χ0n) is 14.6. The number of aromatic nitrogens is 3. The van der Waals surface area contributed by atoms with Gasteiger partial charge in [-0.25, -0.2) is 5.43 Å². The molecule has 3 aromatic rings. The molecule has 1 heterocycles. The van der Waals surface area contributed by atoms with Gasteiger partial charge in [-0.15, -0.1) is 10.2 Å². The van der Waals surface area contributed by atoms with E-state index in [0.717, 1.165) is 5.56 Å². The second-order valence-corrected chi connectivity index (χ2v) is 7.85. The summed E-state index contributed by atoms with van der Waals surface area (Å²) in [5.74, 6) is 0.521. The third kappa shape index (κ3) is 5.26. The van der Waals surface area contributed by atoms with E-state index in [2.05, 4.69) is 20.7 Å². The first-order valence-electron chi connectivity index (χ1n) is 7.99. The number of carbonyl (C=O) groups is 1. The van der Waals surface area contributed by atoms with Gasteiger partial charge in [0.2, 0.25) is 0 Å². The van der Waals surface area contributed by atoms with Crippen molar-refractivity contribution in [2.75, 3.05) is 5.75 Å². The summed E-state index contributed by atoms with van der Waals surface area (Å²) in [6.45, 7) is 0. The van der Waals surface area contributed by atoms with E-state index in [9.17, 15) is 4.79 Å². The van der Waals surface area contributed by atoms with Crippen molar-refractivity contribution in [1.82, 2.24) is 20.2 Å². The van der Waals surface area contributed by atoms with Crippen LogP contribution >= 0.6 is 46.6 Å². The molecule has 6 nitrogen and oxygen atoms in total. The van der Waals surface area contributed by atoms with Gasteiger partial charge in [0.1, 0.15) is 0 Å². The lowest BCUT2D eigenvalue weighted by atomic mass is 10.2. The molecule has 0 atom stereocenters. The van der Waals surface area contributed by atoms with E-state index in [1.165, 1.54) is 18.0 Å². The van der Waals surface area contributed by atoms with Crippen molar-refractivity contribution in [2.45, 2.75) is 5.16 Å². The average Bonchev–Trinajstić information content (AvgIpc) is 3.02. The number of rotatable bonds is 6. The smallest absolute Gasteiger partial charge is 0.250 e. The number of carbonyl (C=O) groups excluding carboxylic acids is 1. The molecule has 0 bridgehead atoms. The van der Waals surface area contributed by atoms with Crippen LogP contribution in [0.4, 0.5) is 0 Å². The van der Waals surface area contributed by atoms with Crippen LogP contribution in [0, 0.1) is 0 Å². The molecule has 0 aliphatic rings. The van der Waals surface area contributed by atoms with Gasteiger partial charge in [0, 0.05) is 28.2 Å². The number of hydrazone groups is 1. The van der Waals surface area contributed by atoms with E-state index in [-0.39, 0.29) is 11.7 Å². The summed E-state index contributed by atoms with van der Waals surface area (Å²) in [4.78, 5) is 12.0. The summed E-state index contributed by atoms with van der Waals surface area (Å²) in [5.41, 5.74) is 3.95. The fourth-order valence-corrected chi connectivity index (χ4v) is 3.61. The van der Waals surface area contributed by atoms with Crippen molar-refractivity contribution in [3.05, 3.63) is 63.1 Å². The summed E-state index contributed by atoms with van der Waals surface area (Å²) < 4.78 is 1.81. The Kier molecular flexibility index (Phi) is 6.96. The van der Waals surface area contributed by atoms with Crippen molar-refractivity contribution in [3.63, 3.8) is 0 Å². The van der Waals surface area contributed by atoms with Crippen LogP contribution in [0.5, 0.6) is 0 Å². The molecule has 3 rings (SSSR count). The van der Waals surface area contributed by atoms with Gasteiger partial charge in [-0.05, 0) is 24.3 Å². The highest BCUT2D eigenvalue weighted by Gasteiger charge is 2.13. The van der Waals surface area contributed by atoms with E-state index in [1.807, 2.05) is 25.2 Å². The highest BCUT2D eigenvalue weighted by Crippen LogP contribution is 2.24. The van der Waals surface area contributed by atoms with Gasteiger partial charge in [-0.1, -0.05) is 64.8 Å². The molecule has 0 spiro atoms. The van der Waals surface area contributed by atoms with Gasteiger partial charge in [0.05, 0.1) is 17.0 Å². The van der Waals surface area contributed by atoms with Crippen LogP contribution in [0.15, 0.2) is 52.7 Å². The molecule has 28 heavy (non-hydrogen) atoms. The maximum atomic E-state index is 12.0. The predicted molar refractivity (Wildman–Crippen MR) is 114 cm³/mol. The maximum Gasteiger partial charge on any atom is 0.250 e. The van der Waals surface area contributed by atoms with E-state index < -0.39 is 0 Å². The number of halogens is 3. The number of benzene rings is 2. The zero-order chi connectivity index (χ0) is 20.1. The summed E-state index contributed by atoms with van der Waals surface area (Å²) in [6, 6.07) is 12.4. The highest BCUT2D eigenvalue weighted by atomic mass is 35.5. The summed E-state index contributed by atoms with van der Waals surface area (Å²) in [5, 5.41) is 14.4. The number of amides is 1. The molecule has 1 aromatic heterocycles. The Morgan fingerprint density at radius 3 is 2.71 bits per heavy atom. The van der Waals surface area contributed by atoms with Crippen LogP contribution in [0.1, 0.15) is 5.56 Å². The van der Waals surface area contributed by atoms with E-state index in [4.69, 9.17) is 34.8 Å². The Morgan fingerprint density at radius 1 is 1.18 bits per heavy atom. The lowest BCUT2D eigenvalue weighted by Crippen LogP contribution is -2.20. The van der Waals surface area contributed by atoms with Crippen molar-refractivity contribution in [1.29, 1.82) is 0 Å². The molecule has 0 saturated carbocycles. The van der Waals surface area contributed by atoms with E-state index >= 15 is 0 Å². The number of thioether (sulfide) groups is 1. The second kappa shape index (κ2) is 9.43. The van der Waals surface area contributed by atoms with E-state index in [1.54, 1.807) is 28.8 Å². The Morgan fingerprint density at radius 2 is 1.96 bits per heavy atom. The first-order chi connectivity index (χ1) is 13.4. The number of hydrogen-bond donors (Lipinski definition) is 1. The molecule has 0 saturated heterocycles. The number of hydrogen-bond acceptors (Lipinski definition) is 5. The first kappa shape index (κ1) is 20.7. The molecule has 10 heteroatoms. The van der Waals surface area contributed by atoms with E-state index in [0.29, 0.717) is 31.6 Å². The van der Waals surface area contributed by atoms with Crippen LogP contribution in [0.25, 0.3) is 11.4 Å². The Hall–Kier alpha value is -2.06. The fourth-order valence-electron chi connectivity index (χ4n) is 2.26. The monoisotopic (exact) mass is 453 g/mol. The minimum absolute atomic E-state index is 0.132. The molecule has 144 valence electrons. The van der Waals surface area contributed by atoms with Crippen LogP contribution in [0.3, 0.4) is 0 Å². The van der Waals surface area contributed by atoms with Gasteiger partial charge in [0.25, 0.3) is 5.91 Å². The average molecular weight is 455 g/mol. The molecular weight excluding hydrogens is 441 g/mol. The molecule has 0 unspecified atom stereocenters. The summed E-state index contributed by atoms with van der Waals surface area (Å²) in [7, 11) is 1.83. The van der Waals surface area contributed by atoms with Gasteiger partial charge < -0.3 is 4.57 Å². The van der Waals surface area contributed by atoms with Crippen molar-refractivity contribution in [2.24, 2.45) is 12.1 Å². The maximum absolute atomic E-state index is 12.0. The first-order valence-corrected chi connectivity index (χ1v) is 10.1. The minimum atomic E-state index is -0.279. The Balaban J connectivity index is 1.57. The Labute approximate surface area is 180 Å². The standard InChI is InChI=1S/C18H14Cl3N5OS/c1-26-17(11-3-2-4-13(19)7-11)24-25-18(26)28-10-16(27)23-22-9-12-5-6-14(20)8-15(12)21/h2-9H,10H2,1H3,(H,23,27)/b22-9-. The molecule has 0 radical (unpaired) electrons. The largest absolute Gasteiger partial charge is 0.305 e. The highest BCUT2D eigenvalue weighted by molar-refractivity contribution is 7.99. The van der Waals surface area contributed by atoms with Crippen molar-refractivity contribution >= 4 is 58.7 Å². The van der Waals surface area contributed by atoms with Crippen LogP contribution in [0.2, 0.25) is 15.1 Å². The number of nitrogens with zero attached hydrogens (tertiary/aromatic N) is 4. The number of nitrogens with one attached hydrogen (secondary N) is 1. The fraction of sp³-hybridized carbons (Fsp3) is 0.111. The van der Waals surface area contributed by atoms with Crippen molar-refractivity contribution in [3.8, 4) is 11.4 Å². The van der Waals surface area contributed by atoms with Crippen LogP contribution in [-0.4, -0.2) is 32.6 Å². The van der Waals surface area contributed by atoms with Crippen LogP contribution < -0.4 is 5.43 Å². The zero-order valence-corrected chi connectivity index (χ0v) is 17.6. The van der Waals surface area contributed by atoms with Gasteiger partial charge in [-0.3, -0.25) is 4.79 Å². The van der Waals surface area contributed by atoms with Gasteiger partial charge in [-0.2, -0.15) is 5.10 Å². The third-order valence-corrected chi connectivity index (χ3v) is 5.42. The molecule has 2 aromatic carbocycles. The second-order valence-electron chi connectivity index (χ2n) is 5.62. The molecule has 0 aliphatic carbocycles. The van der Waals surface area contributed by atoms with Crippen LogP contribution in [-0.2, 0) is 11.8 Å². The SMILES string of the molecule is Cn1c(SCC(=O)N/N=C\c2ccc(Cl)cc2Cl)nnc1-c1cccc(Cl)c1. The summed E-state index contributed by atoms with van der Waals surface area (Å²) in [6.07, 6.45) is 1.46. The summed E-state index contributed by atoms with van der Waals surface area (Å²) >= 11 is 19.2. The molecule has 1 amide bonds. The molecule has 0 aliphatic heterocycles. The minimum Gasteiger partial charge on any atom is -0.305 e. The molecule has 0 fully saturated rings. The molecular formula is C18H14Cl3N5OS. The van der Waals surface area contributed by atoms with Crippen molar-refractivity contribution < 1.29 is 4.79 Å². The lowest BCUT2D eigenvalue weighted by Gasteiger charge is -2.04. The predicted octanol–water partition coefficient (Wildman–Crippen LogP) is 4.68. The Bertz CT molecular complexity index is 1040. The lowest BCUT2D eigenvalue weighted by molar-refractivity contribution is -0.118. The normalized spacial score (nSPS) is 11.1. The topological polar surface area (TPSA) is 72.2 Å². The van der Waals surface area contributed by atoms with Gasteiger partial charge in [0.15, 0.2) is 11.0 Å². The third-order valence-electron chi connectivity index (χ3n) is 3.61. The quantitative estimate of drug-likeness (QED) is 0.333. The molecule has 1 N–H and O–H groups in total. The van der Waals surface area contributed by atoms with Gasteiger partial charge >= 0.3 is 0 Å².